The second kappa shape index (κ2) is 9.98. The summed E-state index contributed by atoms with van der Waals surface area (Å²) in [5.41, 5.74) is 4.10. The third-order valence-corrected chi connectivity index (χ3v) is 5.58. The Morgan fingerprint density at radius 3 is 2.71 bits per heavy atom. The highest BCUT2D eigenvalue weighted by Gasteiger charge is 2.37. The van der Waals surface area contributed by atoms with E-state index in [1.165, 1.54) is 13.2 Å². The van der Waals surface area contributed by atoms with Gasteiger partial charge in [-0.25, -0.2) is 4.98 Å². The Balaban J connectivity index is 1.68. The first kappa shape index (κ1) is 24.6. The van der Waals surface area contributed by atoms with Gasteiger partial charge in [-0.1, -0.05) is 25.1 Å². The van der Waals surface area contributed by atoms with Crippen molar-refractivity contribution in [3.05, 3.63) is 70.4 Å². The van der Waals surface area contributed by atoms with Gasteiger partial charge in [0.25, 0.3) is 0 Å². The first-order valence-corrected chi connectivity index (χ1v) is 10.8. The van der Waals surface area contributed by atoms with Gasteiger partial charge in [-0.05, 0) is 47.7 Å². The number of hydroxylamine groups is 1. The first-order valence-electron chi connectivity index (χ1n) is 10.8. The maximum absolute atomic E-state index is 13.7. The lowest BCUT2D eigenvalue weighted by Gasteiger charge is -2.17. The van der Waals surface area contributed by atoms with Crippen LogP contribution in [0.3, 0.4) is 0 Å². The van der Waals surface area contributed by atoms with Crippen LogP contribution in [0.25, 0.3) is 0 Å². The number of carbonyl (C=O) groups is 1. The molecule has 1 aliphatic rings. The normalized spacial score (nSPS) is 14.1. The summed E-state index contributed by atoms with van der Waals surface area (Å²) in [6.45, 7) is 1.88. The number of aromatic nitrogens is 2. The minimum absolute atomic E-state index is 0.0263. The molecule has 0 radical (unpaired) electrons. The van der Waals surface area contributed by atoms with Crippen molar-refractivity contribution in [2.24, 2.45) is 0 Å². The van der Waals surface area contributed by atoms with Gasteiger partial charge in [0.15, 0.2) is 12.0 Å². The Hall–Kier alpha value is -3.54. The fourth-order valence-electron chi connectivity index (χ4n) is 3.86. The van der Waals surface area contributed by atoms with E-state index in [0.717, 1.165) is 11.1 Å². The highest BCUT2D eigenvalue weighted by atomic mass is 19.4. The lowest BCUT2D eigenvalue weighted by Crippen LogP contribution is -2.19. The number of fused-ring (bicyclic) bond motifs is 1. The molecule has 4 rings (SSSR count). The van der Waals surface area contributed by atoms with Gasteiger partial charge >= 0.3 is 6.18 Å². The summed E-state index contributed by atoms with van der Waals surface area (Å²) >= 11 is 0. The van der Waals surface area contributed by atoms with E-state index in [-0.39, 0.29) is 29.5 Å². The molecule has 8 nitrogen and oxygen atoms in total. The molecule has 1 heterocycles. The topological polar surface area (TPSA) is 106 Å². The van der Waals surface area contributed by atoms with E-state index in [2.05, 4.69) is 20.8 Å². The van der Waals surface area contributed by atoms with E-state index in [9.17, 15) is 23.1 Å². The number of aliphatic hydroxyl groups excluding tert-OH is 1. The van der Waals surface area contributed by atoms with Crippen molar-refractivity contribution >= 4 is 17.4 Å². The van der Waals surface area contributed by atoms with Crippen LogP contribution in [-0.4, -0.2) is 28.0 Å². The average Bonchev–Trinajstić information content (AvgIpc) is 3.20. The molecule has 0 aliphatic heterocycles. The van der Waals surface area contributed by atoms with Crippen molar-refractivity contribution in [1.29, 1.82) is 0 Å². The number of carbonyl (C=O) groups excluding carboxylic acids is 1. The van der Waals surface area contributed by atoms with Gasteiger partial charge in [-0.15, -0.1) is 0 Å². The number of ether oxygens (including phenoxy) is 1. The molecule has 3 aromatic rings. The zero-order valence-electron chi connectivity index (χ0n) is 18.9. The smallest absolute Gasteiger partial charge is 0.423 e. The maximum Gasteiger partial charge on any atom is 0.423 e. The molecule has 2 aromatic carbocycles. The number of alkyl halides is 3. The number of nitrogens with one attached hydrogen (secondary N) is 2. The zero-order valence-corrected chi connectivity index (χ0v) is 18.9. The molecule has 1 aliphatic carbocycles. The van der Waals surface area contributed by atoms with Gasteiger partial charge in [0.05, 0.1) is 12.7 Å². The van der Waals surface area contributed by atoms with Gasteiger partial charge in [0.2, 0.25) is 11.8 Å². The molecule has 1 aromatic heterocycles. The van der Waals surface area contributed by atoms with E-state index in [0.29, 0.717) is 30.3 Å². The van der Waals surface area contributed by atoms with Crippen LogP contribution in [0.2, 0.25) is 0 Å². The van der Waals surface area contributed by atoms with Crippen LogP contribution < -0.4 is 15.5 Å². The highest BCUT2D eigenvalue weighted by Crippen LogP contribution is 2.40. The van der Waals surface area contributed by atoms with Crippen molar-refractivity contribution in [3.8, 4) is 11.6 Å². The molecule has 0 bridgehead atoms. The van der Waals surface area contributed by atoms with Crippen molar-refractivity contribution in [2.45, 2.75) is 38.6 Å². The molecular formula is C24H23F3N4O4. The Morgan fingerprint density at radius 1 is 1.20 bits per heavy atom. The summed E-state index contributed by atoms with van der Waals surface area (Å²) in [5.74, 6) is -0.991. The van der Waals surface area contributed by atoms with Crippen LogP contribution in [0.5, 0.6) is 11.6 Å². The summed E-state index contributed by atoms with van der Waals surface area (Å²) < 4.78 is 46.6. The van der Waals surface area contributed by atoms with E-state index in [1.807, 2.05) is 6.92 Å². The second-order valence-corrected chi connectivity index (χ2v) is 7.85. The maximum atomic E-state index is 13.7. The quantitative estimate of drug-likeness (QED) is 0.305. The van der Waals surface area contributed by atoms with Crippen LogP contribution in [0.4, 0.5) is 24.8 Å². The Labute approximate surface area is 199 Å². The van der Waals surface area contributed by atoms with Crippen LogP contribution in [0.1, 0.15) is 52.2 Å². The third-order valence-electron chi connectivity index (χ3n) is 5.58. The lowest BCUT2D eigenvalue weighted by molar-refractivity contribution is -0.139. The number of hydrogen-bond acceptors (Lipinski definition) is 8. The summed E-state index contributed by atoms with van der Waals surface area (Å²) in [4.78, 5) is 24.8. The van der Waals surface area contributed by atoms with Crippen molar-refractivity contribution in [2.75, 3.05) is 12.4 Å². The van der Waals surface area contributed by atoms with Crippen LogP contribution in [0, 0.1) is 0 Å². The van der Waals surface area contributed by atoms with Gasteiger partial charge in [0.1, 0.15) is 11.3 Å². The summed E-state index contributed by atoms with van der Waals surface area (Å²) in [7, 11) is 1.38. The number of benzene rings is 2. The minimum atomic E-state index is -4.77. The standard InChI is InChI=1S/C24H23F3N4O4/c1-3-13-11-15(21(33)31-34-2)7-9-17(13)29-23-28-12-16(24(25,26)27)22(30-23)35-19-6-4-5-14-8-10-18(32)20(14)19/h4-7,9,11-12,21,31,33H,3,8,10H2,1-2H3,(H,28,29,30). The minimum Gasteiger partial charge on any atom is -0.437 e. The largest absolute Gasteiger partial charge is 0.437 e. The van der Waals surface area contributed by atoms with Gasteiger partial charge in [0, 0.05) is 18.3 Å². The van der Waals surface area contributed by atoms with E-state index >= 15 is 0 Å². The molecule has 1 unspecified atom stereocenters. The highest BCUT2D eigenvalue weighted by molar-refractivity contribution is 6.03. The van der Waals surface area contributed by atoms with Crippen LogP contribution >= 0.6 is 0 Å². The molecular weight excluding hydrogens is 465 g/mol. The molecule has 35 heavy (non-hydrogen) atoms. The number of nitrogens with zero attached hydrogens (tertiary/aromatic N) is 2. The number of halogens is 3. The number of aliphatic hydroxyl groups is 1. The predicted molar refractivity (Wildman–Crippen MR) is 120 cm³/mol. The van der Waals surface area contributed by atoms with Crippen LogP contribution in [-0.2, 0) is 23.9 Å². The Morgan fingerprint density at radius 2 is 2.00 bits per heavy atom. The van der Waals surface area contributed by atoms with Gasteiger partial charge in [-0.2, -0.15) is 23.6 Å². The summed E-state index contributed by atoms with van der Waals surface area (Å²) in [6.07, 6.45) is -3.84. The number of rotatable bonds is 8. The molecule has 0 saturated carbocycles. The molecule has 0 amide bonds. The Kier molecular flexibility index (Phi) is 7.01. The fraction of sp³-hybridized carbons (Fsp3) is 0.292. The molecule has 11 heteroatoms. The fourth-order valence-corrected chi connectivity index (χ4v) is 3.86. The first-order chi connectivity index (χ1) is 16.7. The number of aryl methyl sites for hydroxylation is 2. The average molecular weight is 488 g/mol. The second-order valence-electron chi connectivity index (χ2n) is 7.85. The number of hydrogen-bond donors (Lipinski definition) is 3. The Bertz CT molecular complexity index is 1250. The SMILES string of the molecule is CCc1cc(C(O)NOC)ccc1Nc1ncc(C(F)(F)F)c(Oc2cccc3c2C(=O)CC3)n1. The van der Waals surface area contributed by atoms with Crippen LogP contribution in [0.15, 0.2) is 42.6 Å². The number of Topliss-reactive ketones (excluding diaryl/α,β-unsaturated/α-hetero) is 1. The molecule has 1 atom stereocenters. The zero-order chi connectivity index (χ0) is 25.2. The third kappa shape index (κ3) is 5.26. The van der Waals surface area contributed by atoms with E-state index in [1.54, 1.807) is 30.3 Å². The summed E-state index contributed by atoms with van der Waals surface area (Å²) in [5, 5.41) is 13.0. The van der Waals surface area contributed by atoms with Gasteiger partial charge in [-0.3, -0.25) is 4.79 Å². The molecule has 0 spiro atoms. The number of ketones is 1. The monoisotopic (exact) mass is 488 g/mol. The van der Waals surface area contributed by atoms with Crippen molar-refractivity contribution < 1.29 is 32.6 Å². The van der Waals surface area contributed by atoms with Gasteiger partial charge < -0.3 is 20.0 Å². The van der Waals surface area contributed by atoms with E-state index in [4.69, 9.17) is 9.57 Å². The molecule has 3 N–H and O–H groups in total. The molecule has 0 fully saturated rings. The predicted octanol–water partition coefficient (Wildman–Crippen LogP) is 4.86. The number of anilines is 2. The summed E-state index contributed by atoms with van der Waals surface area (Å²) in [6, 6.07) is 9.82. The van der Waals surface area contributed by atoms with Crippen molar-refractivity contribution in [3.63, 3.8) is 0 Å². The lowest BCUT2D eigenvalue weighted by atomic mass is 10.1. The van der Waals surface area contributed by atoms with E-state index < -0.39 is 23.8 Å². The molecule has 0 saturated heterocycles. The molecule has 184 valence electrons. The van der Waals surface area contributed by atoms with Crippen molar-refractivity contribution in [1.82, 2.24) is 15.4 Å².